The Balaban J connectivity index is 1.36. The third-order valence-electron chi connectivity index (χ3n) is 11.3. The predicted molar refractivity (Wildman–Crippen MR) is 209 cm³/mol. The molecule has 14 heteroatoms. The van der Waals surface area contributed by atoms with Gasteiger partial charge in [0.2, 0.25) is 23.6 Å². The lowest BCUT2D eigenvalue weighted by Gasteiger charge is -2.39. The van der Waals surface area contributed by atoms with Gasteiger partial charge in [-0.25, -0.2) is 4.39 Å². The Morgan fingerprint density at radius 3 is 2.26 bits per heavy atom. The number of anilines is 1. The molecule has 2 heterocycles. The van der Waals surface area contributed by atoms with Crippen molar-refractivity contribution in [3.63, 3.8) is 0 Å². The van der Waals surface area contributed by atoms with Crippen LogP contribution in [0.1, 0.15) is 69.3 Å². The first-order chi connectivity index (χ1) is 27.2. The lowest BCUT2D eigenvalue weighted by molar-refractivity contribution is -0.138. The molecule has 0 aliphatic heterocycles. The van der Waals surface area contributed by atoms with Crippen LogP contribution in [-0.4, -0.2) is 51.2 Å². The molecule has 5 aromatic rings. The molecule has 300 valence electrons. The molecule has 1 aliphatic rings. The fraction of sp³-hybridized carbons (Fsp3) is 0.372. The highest BCUT2D eigenvalue weighted by molar-refractivity contribution is 6.05. The Morgan fingerprint density at radius 1 is 0.860 bits per heavy atom. The molecular formula is C43H46F4N6O4. The number of para-hydroxylation sites is 1. The summed E-state index contributed by atoms with van der Waals surface area (Å²) in [5, 5.41) is 13.3. The number of nitrogens with one attached hydrogen (secondary N) is 5. The van der Waals surface area contributed by atoms with Crippen LogP contribution in [0.15, 0.2) is 79.1 Å². The minimum Gasteiger partial charge on any atom is -0.358 e. The van der Waals surface area contributed by atoms with Crippen LogP contribution >= 0.6 is 0 Å². The summed E-state index contributed by atoms with van der Waals surface area (Å²) in [6.07, 6.45) is -0.944. The molecule has 5 N–H and O–H groups in total. The van der Waals surface area contributed by atoms with Crippen molar-refractivity contribution in [3.05, 3.63) is 107 Å². The predicted octanol–water partition coefficient (Wildman–Crippen LogP) is 7.16. The fourth-order valence-electron chi connectivity index (χ4n) is 7.53. The summed E-state index contributed by atoms with van der Waals surface area (Å²) < 4.78 is 56.8. The van der Waals surface area contributed by atoms with E-state index in [0.29, 0.717) is 35.2 Å². The van der Waals surface area contributed by atoms with E-state index in [-0.39, 0.29) is 48.1 Å². The third kappa shape index (κ3) is 8.64. The maximum atomic E-state index is 14.9. The molecule has 6 rings (SSSR count). The van der Waals surface area contributed by atoms with E-state index in [1.807, 2.05) is 26.8 Å². The molecule has 2 unspecified atom stereocenters. The van der Waals surface area contributed by atoms with Crippen LogP contribution in [0.5, 0.6) is 0 Å². The van der Waals surface area contributed by atoms with Crippen molar-refractivity contribution in [2.45, 2.75) is 90.0 Å². The smallest absolute Gasteiger partial charge is 0.358 e. The van der Waals surface area contributed by atoms with Crippen molar-refractivity contribution in [1.82, 2.24) is 25.9 Å². The number of alkyl halides is 3. The van der Waals surface area contributed by atoms with Crippen LogP contribution in [0.2, 0.25) is 0 Å². The molecule has 0 spiro atoms. The highest BCUT2D eigenvalue weighted by Crippen LogP contribution is 2.40. The van der Waals surface area contributed by atoms with Gasteiger partial charge in [-0.05, 0) is 65.5 Å². The molecule has 2 aromatic heterocycles. The van der Waals surface area contributed by atoms with Gasteiger partial charge in [0, 0.05) is 35.3 Å². The van der Waals surface area contributed by atoms with Crippen LogP contribution in [0, 0.1) is 17.7 Å². The fourth-order valence-corrected chi connectivity index (χ4v) is 7.53. The maximum Gasteiger partial charge on any atom is 0.418 e. The van der Waals surface area contributed by atoms with Crippen LogP contribution in [-0.2, 0) is 44.6 Å². The second kappa shape index (κ2) is 16.7. The highest BCUT2D eigenvalue weighted by Gasteiger charge is 2.47. The van der Waals surface area contributed by atoms with Crippen LogP contribution in [0.25, 0.3) is 21.7 Å². The average molecular weight is 787 g/mol. The van der Waals surface area contributed by atoms with Crippen molar-refractivity contribution in [3.8, 4) is 0 Å². The topological polar surface area (TPSA) is 145 Å². The summed E-state index contributed by atoms with van der Waals surface area (Å²) in [6.45, 7) is 7.26. The molecule has 3 aromatic carbocycles. The third-order valence-corrected chi connectivity index (χ3v) is 11.3. The Hall–Kier alpha value is -5.79. The van der Waals surface area contributed by atoms with Crippen molar-refractivity contribution in [1.29, 1.82) is 0 Å². The van der Waals surface area contributed by atoms with Gasteiger partial charge in [-0.15, -0.1) is 0 Å². The number of aryl methyl sites for hydroxylation is 1. The second-order valence-electron chi connectivity index (χ2n) is 15.0. The summed E-state index contributed by atoms with van der Waals surface area (Å²) >= 11 is 0. The molecule has 0 bridgehead atoms. The number of hydrogen-bond acceptors (Lipinski definition) is 5. The van der Waals surface area contributed by atoms with Crippen molar-refractivity contribution in [2.24, 2.45) is 11.8 Å². The van der Waals surface area contributed by atoms with E-state index in [1.54, 1.807) is 43.6 Å². The minimum absolute atomic E-state index is 0.0357. The zero-order chi connectivity index (χ0) is 41.1. The van der Waals surface area contributed by atoms with Crippen LogP contribution in [0.3, 0.4) is 0 Å². The monoisotopic (exact) mass is 786 g/mol. The number of carbonyl (C=O) groups is 4. The van der Waals surface area contributed by atoms with Crippen LogP contribution in [0.4, 0.5) is 23.2 Å². The van der Waals surface area contributed by atoms with Crippen molar-refractivity contribution in [2.75, 3.05) is 5.32 Å². The molecule has 5 atom stereocenters. The van der Waals surface area contributed by atoms with E-state index in [2.05, 4.69) is 31.2 Å². The van der Waals surface area contributed by atoms with Gasteiger partial charge < -0.3 is 26.3 Å². The first-order valence-electron chi connectivity index (χ1n) is 19.1. The van der Waals surface area contributed by atoms with E-state index >= 15 is 0 Å². The first kappa shape index (κ1) is 40.9. The van der Waals surface area contributed by atoms with Crippen molar-refractivity contribution < 1.29 is 36.7 Å². The molecule has 0 radical (unpaired) electrons. The normalized spacial score (nSPS) is 17.5. The number of hydrogen-bond donors (Lipinski definition) is 5. The number of halogens is 4. The molecule has 0 saturated carbocycles. The minimum atomic E-state index is -4.66. The maximum absolute atomic E-state index is 14.9. The Labute approximate surface area is 327 Å². The summed E-state index contributed by atoms with van der Waals surface area (Å²) in [7, 11) is 0. The van der Waals surface area contributed by atoms with Crippen LogP contribution < -0.4 is 21.3 Å². The molecule has 4 amide bonds. The van der Waals surface area contributed by atoms with E-state index in [4.69, 9.17) is 0 Å². The number of amides is 4. The van der Waals surface area contributed by atoms with Gasteiger partial charge in [0.1, 0.15) is 23.4 Å². The van der Waals surface area contributed by atoms with Gasteiger partial charge >= 0.3 is 6.18 Å². The molecule has 1 aliphatic carbocycles. The molecule has 10 nitrogen and oxygen atoms in total. The number of fused-ring (bicyclic) bond motifs is 4. The molecular weight excluding hydrogens is 741 g/mol. The highest BCUT2D eigenvalue weighted by atomic mass is 19.4. The Kier molecular flexibility index (Phi) is 12.0. The Bertz CT molecular complexity index is 2300. The number of rotatable bonds is 13. The average Bonchev–Trinajstić information content (AvgIpc) is 3.56. The zero-order valence-electron chi connectivity index (χ0n) is 32.1. The first-order valence-corrected chi connectivity index (χ1v) is 19.1. The summed E-state index contributed by atoms with van der Waals surface area (Å²) in [4.78, 5) is 63.8. The van der Waals surface area contributed by atoms with Gasteiger partial charge in [0.25, 0.3) is 0 Å². The lowest BCUT2D eigenvalue weighted by atomic mass is 9.78. The van der Waals surface area contributed by atoms with Gasteiger partial charge in [-0.1, -0.05) is 83.0 Å². The van der Waals surface area contributed by atoms with Gasteiger partial charge in [0.15, 0.2) is 0 Å². The van der Waals surface area contributed by atoms with Gasteiger partial charge in [-0.3, -0.25) is 24.2 Å². The lowest BCUT2D eigenvalue weighted by Crippen LogP contribution is -2.67. The van der Waals surface area contributed by atoms with E-state index in [1.165, 1.54) is 30.3 Å². The van der Waals surface area contributed by atoms with E-state index in [0.717, 1.165) is 11.5 Å². The van der Waals surface area contributed by atoms with E-state index < -0.39 is 64.7 Å². The largest absolute Gasteiger partial charge is 0.418 e. The summed E-state index contributed by atoms with van der Waals surface area (Å²) in [5.74, 6) is -3.93. The second-order valence-corrected chi connectivity index (χ2v) is 15.0. The number of benzene rings is 3. The SMILES string of the molecule is CCC(C)[C@H](NC(=O)Cc1ccccc1F)C(=O)N[C@]1(C(=O)NC(C(=O)Nc2cccc3ccncc23)[C@@H](C)CC)CCc2[nH]c3c(C(F)(F)F)cccc3c2C1. The zero-order valence-corrected chi connectivity index (χ0v) is 32.1. The molecule has 57 heavy (non-hydrogen) atoms. The summed E-state index contributed by atoms with van der Waals surface area (Å²) in [5.41, 5.74) is -1.20. The van der Waals surface area contributed by atoms with E-state index in [9.17, 15) is 36.7 Å². The standard InChI is InChI=1S/C43H46F4N6O4/c1-5-24(3)36(39(55)50-33-16-9-12-26-18-20-48-23-30(26)33)52-41(57)42(19-17-34-29(22-42)28-13-10-14-31(38(28)49-34)43(45,46)47)53-40(56)37(25(4)6-2)51-35(54)21-27-11-7-8-15-32(27)44/h7-16,18,20,23-25,36-37,49H,5-6,17,19,21-22H2,1-4H3,(H,50,55)(H,51,54)(H,52,57)(H,53,56)/t24-,25?,36?,37-,42+/m0/s1. The van der Waals surface area contributed by atoms with Gasteiger partial charge in [-0.2, -0.15) is 13.2 Å². The quantitative estimate of drug-likeness (QED) is 0.0805. The molecule has 0 fully saturated rings. The number of aromatic nitrogens is 2. The Morgan fingerprint density at radius 2 is 1.56 bits per heavy atom. The number of nitrogens with zero attached hydrogens (tertiary/aromatic N) is 1. The summed E-state index contributed by atoms with van der Waals surface area (Å²) in [6, 6.07) is 14.6. The van der Waals surface area contributed by atoms with Crippen molar-refractivity contribution >= 4 is 51.0 Å². The number of H-pyrrole nitrogens is 1. The number of carbonyl (C=O) groups excluding carboxylic acids is 4. The van der Waals surface area contributed by atoms with Gasteiger partial charge in [0.05, 0.1) is 23.2 Å². The number of aromatic amines is 1. The molecule has 0 saturated heterocycles. The number of pyridine rings is 1.